The van der Waals surface area contributed by atoms with E-state index in [-0.39, 0.29) is 37.6 Å². The minimum absolute atomic E-state index is 0.0581. The number of carbonyl (C=O) groups excluding carboxylic acids is 1. The highest BCUT2D eigenvalue weighted by atomic mass is 32.2. The van der Waals surface area contributed by atoms with Crippen LogP contribution in [0.1, 0.15) is 141 Å². The topological polar surface area (TPSA) is 60.4 Å². The van der Waals surface area contributed by atoms with Crippen molar-refractivity contribution in [3.05, 3.63) is 98.7 Å². The summed E-state index contributed by atoms with van der Waals surface area (Å²) in [7, 11) is -4.21. The molecule has 0 spiro atoms. The van der Waals surface area contributed by atoms with Crippen molar-refractivity contribution in [2.45, 2.75) is 140 Å². The van der Waals surface area contributed by atoms with Crippen molar-refractivity contribution in [1.29, 1.82) is 0 Å². The summed E-state index contributed by atoms with van der Waals surface area (Å²) in [4.78, 5) is 13.6. The van der Waals surface area contributed by atoms with E-state index in [0.717, 1.165) is 33.4 Å². The second kappa shape index (κ2) is 16.2. The molecule has 0 radical (unpaired) electrons. The largest absolute Gasteiger partial charge is 0.446 e. The molecule has 0 heterocycles. The summed E-state index contributed by atoms with van der Waals surface area (Å²) in [5.41, 5.74) is 2.77. The van der Waals surface area contributed by atoms with Gasteiger partial charge in [0.05, 0.1) is 4.90 Å². The van der Waals surface area contributed by atoms with E-state index in [0.29, 0.717) is 5.75 Å². The molecule has 0 amide bonds. The van der Waals surface area contributed by atoms with Gasteiger partial charge in [-0.3, -0.25) is 4.79 Å². The van der Waals surface area contributed by atoms with Gasteiger partial charge in [0.25, 0.3) is 0 Å². The van der Waals surface area contributed by atoms with Gasteiger partial charge in [0.2, 0.25) is 15.6 Å². The molecule has 4 nitrogen and oxygen atoms in total. The van der Waals surface area contributed by atoms with Gasteiger partial charge in [-0.05, 0) is 141 Å². The number of Topliss-reactive ketones (excluding diaryl/α,β-unsaturated/α-hetero) is 1. The number of hydrogen-bond acceptors (Lipinski definition) is 4. The summed E-state index contributed by atoms with van der Waals surface area (Å²) < 4.78 is 36.0. The maximum atomic E-state index is 14.5. The summed E-state index contributed by atoms with van der Waals surface area (Å²) in [6, 6.07) is 12.4. The fraction of sp³-hybridized carbons (Fsp3) is 0.471. The Morgan fingerprint density at radius 1 is 0.607 bits per heavy atom. The van der Waals surface area contributed by atoms with Gasteiger partial charge in [0.1, 0.15) is 5.75 Å². The smallest absolute Gasteiger partial charge is 0.218 e. The first-order chi connectivity index (χ1) is 25.2. The molecule has 1 aliphatic carbocycles. The van der Waals surface area contributed by atoms with Crippen LogP contribution in [0.2, 0.25) is 0 Å². The molecule has 5 heteroatoms. The molecule has 0 saturated carbocycles. The Hall–Kier alpha value is -4.50. The summed E-state index contributed by atoms with van der Waals surface area (Å²) in [6.07, 6.45) is 6.15. The molecule has 56 heavy (non-hydrogen) atoms. The highest BCUT2D eigenvalue weighted by molar-refractivity contribution is 7.95. The van der Waals surface area contributed by atoms with Gasteiger partial charge in [0.15, 0.2) is 10.7 Å². The van der Waals surface area contributed by atoms with Crippen molar-refractivity contribution < 1.29 is 17.9 Å². The van der Waals surface area contributed by atoms with Crippen LogP contribution in [0.5, 0.6) is 5.75 Å². The van der Waals surface area contributed by atoms with Crippen LogP contribution in [0.25, 0.3) is 6.08 Å². The summed E-state index contributed by atoms with van der Waals surface area (Å²) in [5.74, 6) is 18.6. The zero-order valence-electron chi connectivity index (χ0n) is 37.3. The van der Waals surface area contributed by atoms with Gasteiger partial charge in [-0.1, -0.05) is 113 Å². The average molecular weight is 773 g/mol. The predicted octanol–water partition coefficient (Wildman–Crippen LogP) is 12.4. The molecular formula is C51H64O4S. The van der Waals surface area contributed by atoms with Gasteiger partial charge in [-0.15, -0.1) is 0 Å². The normalized spacial score (nSPS) is 14.8. The Balaban J connectivity index is 2.56. The molecule has 0 fully saturated rings. The van der Waals surface area contributed by atoms with Gasteiger partial charge in [-0.25, -0.2) is 8.42 Å². The van der Waals surface area contributed by atoms with Crippen molar-refractivity contribution in [3.63, 3.8) is 0 Å². The zero-order valence-corrected chi connectivity index (χ0v) is 38.1. The fourth-order valence-corrected chi connectivity index (χ4v) is 7.02. The lowest BCUT2D eigenvalue weighted by molar-refractivity contribution is -0.114. The molecule has 0 aromatic heterocycles. The van der Waals surface area contributed by atoms with Gasteiger partial charge in [-0.2, -0.15) is 0 Å². The van der Waals surface area contributed by atoms with Crippen molar-refractivity contribution >= 4 is 21.7 Å². The maximum absolute atomic E-state index is 14.5. The Morgan fingerprint density at radius 3 is 1.48 bits per heavy atom. The zero-order chi connectivity index (χ0) is 42.9. The van der Waals surface area contributed by atoms with E-state index in [9.17, 15) is 13.2 Å². The minimum Gasteiger partial charge on any atom is -0.446 e. The maximum Gasteiger partial charge on any atom is 0.218 e. The van der Waals surface area contributed by atoms with E-state index in [1.165, 1.54) is 0 Å². The second-order valence-corrected chi connectivity index (χ2v) is 22.7. The molecular weight excluding hydrogens is 709 g/mol. The molecule has 0 saturated heterocycles. The number of allylic oxidation sites excluding steroid dienone is 7. The molecule has 0 N–H and O–H groups in total. The van der Waals surface area contributed by atoms with Crippen LogP contribution in [0, 0.1) is 57.2 Å². The SMILES string of the molecule is CC(C)(C)C#CC#C/C(=C(\C#CC(C)(C)C)Oc1c(C(C)(C)C)cc(C=C2C=C(C(C)(C)C)C(=O)C(C(C)(C)C)=C2)cc1C(C)(C)C)S(=O)(=O)c1ccccc1. The van der Waals surface area contributed by atoms with Crippen molar-refractivity contribution in [3.8, 4) is 41.3 Å². The molecule has 298 valence electrons. The first-order valence-electron chi connectivity index (χ1n) is 19.4. The second-order valence-electron chi connectivity index (χ2n) is 20.9. The number of hydrogen-bond donors (Lipinski definition) is 0. The van der Waals surface area contributed by atoms with Crippen molar-refractivity contribution in [1.82, 2.24) is 0 Å². The highest BCUT2D eigenvalue weighted by Crippen LogP contribution is 2.44. The Morgan fingerprint density at radius 2 is 1.07 bits per heavy atom. The lowest BCUT2D eigenvalue weighted by Crippen LogP contribution is -2.27. The van der Waals surface area contributed by atoms with Crippen LogP contribution < -0.4 is 4.74 Å². The molecule has 2 aromatic carbocycles. The number of carbonyl (C=O) groups is 1. The standard InChI is InChI=1S/C51H64O4S/c1-46(2,3)28-23-22-26-43(56(53,54)37-24-20-19-21-25-37)42(27-29-47(4,5)6)55-45-40(50(13,14)15)33-36(34-41(45)51(16,17)18)30-35-31-38(48(7,8)9)44(52)39(32-35)49(10,11)12/h19-21,24-25,30-34H,1-18H3/b43-42-. The number of ether oxygens (including phenoxy) is 1. The van der Waals surface area contributed by atoms with Crippen LogP contribution in [0.3, 0.4) is 0 Å². The first kappa shape index (κ1) is 45.9. The number of ketones is 1. The Labute approximate surface area is 340 Å². The third-order valence-electron chi connectivity index (χ3n) is 8.75. The molecule has 0 atom stereocenters. The summed E-state index contributed by atoms with van der Waals surface area (Å²) >= 11 is 0. The van der Waals surface area contributed by atoms with E-state index in [1.54, 1.807) is 30.3 Å². The molecule has 0 bridgehead atoms. The lowest BCUT2D eigenvalue weighted by Gasteiger charge is -2.32. The fourth-order valence-electron chi connectivity index (χ4n) is 5.75. The number of benzene rings is 2. The molecule has 0 aliphatic heterocycles. The summed E-state index contributed by atoms with van der Waals surface area (Å²) in [6.45, 7) is 36.9. The molecule has 0 unspecified atom stereocenters. The summed E-state index contributed by atoms with van der Waals surface area (Å²) in [5, 5.41) is 0. The van der Waals surface area contributed by atoms with E-state index in [1.807, 2.05) is 53.7 Å². The average Bonchev–Trinajstić information content (AvgIpc) is 3.01. The minimum atomic E-state index is -4.21. The van der Waals surface area contributed by atoms with Crippen LogP contribution >= 0.6 is 0 Å². The predicted molar refractivity (Wildman–Crippen MR) is 235 cm³/mol. The van der Waals surface area contributed by atoms with Gasteiger partial charge < -0.3 is 4.74 Å². The van der Waals surface area contributed by atoms with E-state index in [2.05, 4.69) is 137 Å². The van der Waals surface area contributed by atoms with E-state index >= 15 is 0 Å². The van der Waals surface area contributed by atoms with E-state index < -0.39 is 26.1 Å². The monoisotopic (exact) mass is 772 g/mol. The Bertz CT molecular complexity index is 2210. The van der Waals surface area contributed by atoms with Crippen molar-refractivity contribution in [2.24, 2.45) is 21.7 Å². The number of rotatable bonds is 5. The van der Waals surface area contributed by atoms with Gasteiger partial charge in [0, 0.05) is 33.1 Å². The molecule has 3 rings (SSSR count). The van der Waals surface area contributed by atoms with E-state index in [4.69, 9.17) is 4.74 Å². The highest BCUT2D eigenvalue weighted by Gasteiger charge is 2.35. The first-order valence-corrected chi connectivity index (χ1v) is 20.9. The van der Waals surface area contributed by atoms with Gasteiger partial charge >= 0.3 is 0 Å². The Kier molecular flexibility index (Phi) is 13.2. The van der Waals surface area contributed by atoms with Crippen LogP contribution in [-0.2, 0) is 25.5 Å². The third kappa shape index (κ3) is 12.2. The van der Waals surface area contributed by atoms with Crippen molar-refractivity contribution in [2.75, 3.05) is 0 Å². The molecule has 1 aliphatic rings. The van der Waals surface area contributed by atoms with Crippen LogP contribution in [0.15, 0.2) is 86.9 Å². The number of sulfone groups is 1. The third-order valence-corrected chi connectivity index (χ3v) is 10.5. The molecule has 2 aromatic rings. The van der Waals surface area contributed by atoms with Crippen LogP contribution in [-0.4, -0.2) is 14.2 Å². The quantitative estimate of drug-likeness (QED) is 0.224. The lowest BCUT2D eigenvalue weighted by atomic mass is 9.71. The van der Waals surface area contributed by atoms with Crippen LogP contribution in [0.4, 0.5) is 0 Å².